The number of aromatic nitrogens is 2. The van der Waals surface area contributed by atoms with Crippen LogP contribution in [0.2, 0.25) is 0 Å². The van der Waals surface area contributed by atoms with Gasteiger partial charge in [0.25, 0.3) is 0 Å². The molecule has 84 valence electrons. The highest BCUT2D eigenvalue weighted by molar-refractivity contribution is 5.10. The molecule has 1 N–H and O–H groups in total. The zero-order chi connectivity index (χ0) is 11.3. The Morgan fingerprint density at radius 2 is 2.27 bits per heavy atom. The Balaban J connectivity index is 2.43. The molecule has 3 nitrogen and oxygen atoms in total. The predicted octanol–water partition coefficient (Wildman–Crippen LogP) is 2.04. The minimum absolute atomic E-state index is 0.882. The van der Waals surface area contributed by atoms with Crippen LogP contribution >= 0.6 is 0 Å². The highest BCUT2D eigenvalue weighted by Crippen LogP contribution is 2.03. The molecule has 0 aliphatic carbocycles. The molecule has 0 radical (unpaired) electrons. The lowest BCUT2D eigenvalue weighted by Gasteiger charge is -2.02. The van der Waals surface area contributed by atoms with Gasteiger partial charge in [0.15, 0.2) is 0 Å². The highest BCUT2D eigenvalue weighted by atomic mass is 15.3. The fraction of sp³-hybridized carbons (Fsp3) is 0.583. The summed E-state index contributed by atoms with van der Waals surface area (Å²) in [5.41, 5.74) is 3.76. The van der Waals surface area contributed by atoms with Crippen molar-refractivity contribution in [3.05, 3.63) is 29.1 Å². The van der Waals surface area contributed by atoms with Gasteiger partial charge in [-0.1, -0.05) is 18.6 Å². The molecule has 0 saturated carbocycles. The van der Waals surface area contributed by atoms with Crippen molar-refractivity contribution >= 4 is 0 Å². The summed E-state index contributed by atoms with van der Waals surface area (Å²) in [5, 5.41) is 7.78. The van der Waals surface area contributed by atoms with E-state index in [0.29, 0.717) is 0 Å². The molecule has 0 fully saturated rings. The Morgan fingerprint density at radius 3 is 2.80 bits per heavy atom. The molecule has 0 bridgehead atoms. The number of hydrogen-bond donors (Lipinski definition) is 1. The quantitative estimate of drug-likeness (QED) is 0.591. The molecule has 0 amide bonds. The highest BCUT2D eigenvalue weighted by Gasteiger charge is 2.01. The fourth-order valence-corrected chi connectivity index (χ4v) is 1.39. The summed E-state index contributed by atoms with van der Waals surface area (Å²) in [4.78, 5) is 0. The van der Waals surface area contributed by atoms with Crippen molar-refractivity contribution in [2.45, 2.75) is 33.7 Å². The first-order valence-corrected chi connectivity index (χ1v) is 5.49. The molecule has 1 aromatic heterocycles. The van der Waals surface area contributed by atoms with Gasteiger partial charge in [0, 0.05) is 20.1 Å². The normalized spacial score (nSPS) is 10.4. The van der Waals surface area contributed by atoms with Crippen LogP contribution in [0.15, 0.2) is 17.7 Å². The molecule has 3 heteroatoms. The monoisotopic (exact) mass is 207 g/mol. The van der Waals surface area contributed by atoms with Gasteiger partial charge in [0.05, 0.1) is 11.4 Å². The van der Waals surface area contributed by atoms with Gasteiger partial charge in [-0.25, -0.2) is 0 Å². The third kappa shape index (κ3) is 3.88. The molecule has 0 saturated heterocycles. The molecule has 1 aromatic rings. The smallest absolute Gasteiger partial charge is 0.0625 e. The molecule has 0 unspecified atom stereocenters. The lowest BCUT2D eigenvalue weighted by molar-refractivity contribution is 0.649. The van der Waals surface area contributed by atoms with Crippen molar-refractivity contribution in [3.63, 3.8) is 0 Å². The molecule has 0 atom stereocenters. The summed E-state index contributed by atoms with van der Waals surface area (Å²) < 4.78 is 1.95. The summed E-state index contributed by atoms with van der Waals surface area (Å²) >= 11 is 0. The average Bonchev–Trinajstić information content (AvgIpc) is 2.54. The van der Waals surface area contributed by atoms with Crippen molar-refractivity contribution in [1.29, 1.82) is 0 Å². The molecule has 1 rings (SSSR count). The van der Waals surface area contributed by atoms with Gasteiger partial charge >= 0.3 is 0 Å². The molecule has 0 aromatic carbocycles. The van der Waals surface area contributed by atoms with Gasteiger partial charge in [0.1, 0.15) is 0 Å². The number of rotatable bonds is 5. The third-order valence-corrected chi connectivity index (χ3v) is 2.35. The molecule has 0 aliphatic heterocycles. The second kappa shape index (κ2) is 5.71. The first-order chi connectivity index (χ1) is 7.13. The Bertz CT molecular complexity index is 333. The van der Waals surface area contributed by atoms with Crippen LogP contribution in [0.5, 0.6) is 0 Å². The topological polar surface area (TPSA) is 29.9 Å². The van der Waals surface area contributed by atoms with E-state index in [1.54, 1.807) is 0 Å². The van der Waals surface area contributed by atoms with Gasteiger partial charge in [-0.05, 0) is 26.3 Å². The standard InChI is InChI=1S/C12H21N3/c1-5-11-8-12(15(4)14-11)9-13-7-6-10(2)3/h6,8,13H,5,7,9H2,1-4H3. The van der Waals surface area contributed by atoms with Gasteiger partial charge in [-0.15, -0.1) is 0 Å². The van der Waals surface area contributed by atoms with E-state index in [1.165, 1.54) is 11.3 Å². The Morgan fingerprint density at radius 1 is 1.53 bits per heavy atom. The van der Waals surface area contributed by atoms with Crippen LogP contribution in [0.1, 0.15) is 32.2 Å². The zero-order valence-corrected chi connectivity index (χ0v) is 10.2. The maximum atomic E-state index is 4.40. The van der Waals surface area contributed by atoms with E-state index in [9.17, 15) is 0 Å². The van der Waals surface area contributed by atoms with E-state index in [0.717, 1.165) is 25.2 Å². The largest absolute Gasteiger partial charge is 0.308 e. The van der Waals surface area contributed by atoms with Crippen LogP contribution in [0.4, 0.5) is 0 Å². The maximum Gasteiger partial charge on any atom is 0.0625 e. The summed E-state index contributed by atoms with van der Waals surface area (Å²) in [6.45, 7) is 8.16. The Hall–Kier alpha value is -1.09. The summed E-state index contributed by atoms with van der Waals surface area (Å²) in [7, 11) is 2.00. The fourth-order valence-electron chi connectivity index (χ4n) is 1.39. The first-order valence-electron chi connectivity index (χ1n) is 5.49. The molecular weight excluding hydrogens is 186 g/mol. The van der Waals surface area contributed by atoms with Crippen LogP contribution in [0.25, 0.3) is 0 Å². The summed E-state index contributed by atoms with van der Waals surface area (Å²) in [5.74, 6) is 0. The lowest BCUT2D eigenvalue weighted by Crippen LogP contribution is -2.15. The second-order valence-electron chi connectivity index (χ2n) is 4.02. The summed E-state index contributed by atoms with van der Waals surface area (Å²) in [6.07, 6.45) is 3.19. The average molecular weight is 207 g/mol. The van der Waals surface area contributed by atoms with Crippen molar-refractivity contribution in [2.24, 2.45) is 7.05 Å². The van der Waals surface area contributed by atoms with E-state index in [1.807, 2.05) is 11.7 Å². The van der Waals surface area contributed by atoms with E-state index < -0.39 is 0 Å². The number of nitrogens with one attached hydrogen (secondary N) is 1. The van der Waals surface area contributed by atoms with Gasteiger partial charge in [-0.3, -0.25) is 4.68 Å². The number of aryl methyl sites for hydroxylation is 2. The number of hydrogen-bond acceptors (Lipinski definition) is 2. The van der Waals surface area contributed by atoms with E-state index in [4.69, 9.17) is 0 Å². The van der Waals surface area contributed by atoms with E-state index in [-0.39, 0.29) is 0 Å². The van der Waals surface area contributed by atoms with Crippen molar-refractivity contribution in [2.75, 3.05) is 6.54 Å². The van der Waals surface area contributed by atoms with Gasteiger partial charge < -0.3 is 5.32 Å². The van der Waals surface area contributed by atoms with Crippen molar-refractivity contribution in [1.82, 2.24) is 15.1 Å². The Labute approximate surface area is 92.2 Å². The van der Waals surface area contributed by atoms with Crippen molar-refractivity contribution in [3.8, 4) is 0 Å². The first kappa shape index (κ1) is 12.0. The SMILES string of the molecule is CCc1cc(CNCC=C(C)C)n(C)n1. The number of nitrogens with zero attached hydrogens (tertiary/aromatic N) is 2. The van der Waals surface area contributed by atoms with Crippen LogP contribution < -0.4 is 5.32 Å². The van der Waals surface area contributed by atoms with E-state index >= 15 is 0 Å². The second-order valence-corrected chi connectivity index (χ2v) is 4.02. The molecule has 0 aliphatic rings. The van der Waals surface area contributed by atoms with Crippen molar-refractivity contribution < 1.29 is 0 Å². The zero-order valence-electron chi connectivity index (χ0n) is 10.2. The minimum Gasteiger partial charge on any atom is -0.308 e. The number of allylic oxidation sites excluding steroid dienone is 1. The molecular formula is C12H21N3. The lowest BCUT2D eigenvalue weighted by atomic mass is 10.3. The molecule has 1 heterocycles. The van der Waals surface area contributed by atoms with Gasteiger partial charge in [0.2, 0.25) is 0 Å². The minimum atomic E-state index is 0.882. The van der Waals surface area contributed by atoms with Crippen LogP contribution in [-0.4, -0.2) is 16.3 Å². The Kier molecular flexibility index (Phi) is 4.56. The third-order valence-electron chi connectivity index (χ3n) is 2.35. The van der Waals surface area contributed by atoms with Crippen LogP contribution in [-0.2, 0) is 20.0 Å². The molecule has 0 spiro atoms. The predicted molar refractivity (Wildman–Crippen MR) is 63.7 cm³/mol. The van der Waals surface area contributed by atoms with Gasteiger partial charge in [-0.2, -0.15) is 5.10 Å². The molecule has 15 heavy (non-hydrogen) atoms. The summed E-state index contributed by atoms with van der Waals surface area (Å²) in [6, 6.07) is 2.16. The van der Waals surface area contributed by atoms with E-state index in [2.05, 4.69) is 43.3 Å². The van der Waals surface area contributed by atoms with Crippen LogP contribution in [0, 0.1) is 0 Å². The van der Waals surface area contributed by atoms with Crippen LogP contribution in [0.3, 0.4) is 0 Å². The maximum absolute atomic E-state index is 4.40.